The number of rotatable bonds is 4. The number of carbonyl (C=O) groups excluding carboxylic acids is 2. The van der Waals surface area contributed by atoms with E-state index < -0.39 is 5.60 Å². The van der Waals surface area contributed by atoms with Crippen LogP contribution in [-0.4, -0.2) is 65.8 Å². The number of urea groups is 1. The molecule has 3 heterocycles. The van der Waals surface area contributed by atoms with E-state index in [4.69, 9.17) is 4.74 Å². The van der Waals surface area contributed by atoms with Gasteiger partial charge in [-0.1, -0.05) is 0 Å². The van der Waals surface area contributed by atoms with Crippen molar-refractivity contribution in [2.75, 3.05) is 26.2 Å². The van der Waals surface area contributed by atoms with E-state index in [2.05, 4.69) is 33.9 Å². The average molecular weight is 423 g/mol. The Balaban J connectivity index is 1.35. The minimum atomic E-state index is -0.484. The smallest absolute Gasteiger partial charge is 0.410 e. The van der Waals surface area contributed by atoms with E-state index >= 15 is 0 Å². The van der Waals surface area contributed by atoms with E-state index in [0.29, 0.717) is 25.7 Å². The summed E-state index contributed by atoms with van der Waals surface area (Å²) < 4.78 is 5.42. The molecule has 2 N–H and O–H groups in total. The van der Waals surface area contributed by atoms with Gasteiger partial charge in [0.15, 0.2) is 0 Å². The van der Waals surface area contributed by atoms with E-state index in [-0.39, 0.29) is 18.2 Å². The van der Waals surface area contributed by atoms with Crippen LogP contribution in [0.5, 0.6) is 0 Å². The summed E-state index contributed by atoms with van der Waals surface area (Å²) in [7, 11) is 0. The minimum absolute atomic E-state index is 0.0901. The van der Waals surface area contributed by atoms with Crippen LogP contribution in [-0.2, 0) is 17.7 Å². The molecule has 162 valence electrons. The fraction of sp³-hybridized carbons (Fsp3) is 0.714. The van der Waals surface area contributed by atoms with E-state index in [1.165, 1.54) is 10.4 Å². The van der Waals surface area contributed by atoms with E-state index in [0.717, 1.165) is 32.4 Å². The molecule has 1 aromatic heterocycles. The fourth-order valence-corrected chi connectivity index (χ4v) is 4.68. The summed E-state index contributed by atoms with van der Waals surface area (Å²) in [5.74, 6) is 0. The molecular weight excluding hydrogens is 388 g/mol. The zero-order chi connectivity index (χ0) is 21.0. The Bertz CT molecular complexity index is 707. The highest BCUT2D eigenvalue weighted by molar-refractivity contribution is 7.10. The molecule has 3 rings (SSSR count). The van der Waals surface area contributed by atoms with E-state index in [1.54, 1.807) is 4.90 Å². The molecule has 1 atom stereocenters. The SMILES string of the molecule is CC(CNC(=O)NC1CCN(C(=O)OC(C)(C)C)CC1)N1CCc2sccc2C1. The molecule has 3 amide bonds. The molecule has 1 fully saturated rings. The lowest BCUT2D eigenvalue weighted by atomic mass is 10.1. The molecule has 29 heavy (non-hydrogen) atoms. The van der Waals surface area contributed by atoms with Crippen LogP contribution in [0.25, 0.3) is 0 Å². The number of likely N-dealkylation sites (tertiary alicyclic amines) is 1. The number of nitrogens with zero attached hydrogens (tertiary/aromatic N) is 2. The number of thiophene rings is 1. The summed E-state index contributed by atoms with van der Waals surface area (Å²) in [4.78, 5) is 30.1. The van der Waals surface area contributed by atoms with Crippen molar-refractivity contribution < 1.29 is 14.3 Å². The highest BCUT2D eigenvalue weighted by atomic mass is 32.1. The van der Waals surface area contributed by atoms with Crippen LogP contribution >= 0.6 is 11.3 Å². The summed E-state index contributed by atoms with van der Waals surface area (Å²) in [6.45, 7) is 11.6. The molecule has 1 saturated heterocycles. The third-order valence-corrected chi connectivity index (χ3v) is 6.52. The second-order valence-corrected chi connectivity index (χ2v) is 10.0. The molecule has 1 aromatic rings. The third kappa shape index (κ3) is 6.34. The average Bonchev–Trinajstić information content (AvgIpc) is 3.13. The van der Waals surface area contributed by atoms with Gasteiger partial charge in [-0.3, -0.25) is 4.90 Å². The van der Waals surface area contributed by atoms with Crippen LogP contribution in [0, 0.1) is 0 Å². The van der Waals surface area contributed by atoms with Crippen molar-refractivity contribution in [3.63, 3.8) is 0 Å². The van der Waals surface area contributed by atoms with Gasteiger partial charge in [0.2, 0.25) is 0 Å². The number of piperidine rings is 1. The molecule has 0 aliphatic carbocycles. The molecule has 0 bridgehead atoms. The van der Waals surface area contributed by atoms with Crippen molar-refractivity contribution in [2.45, 2.75) is 71.2 Å². The number of fused-ring (bicyclic) bond motifs is 1. The predicted octanol–water partition coefficient (Wildman–Crippen LogP) is 3.19. The van der Waals surface area contributed by atoms with Gasteiger partial charge in [-0.05, 0) is 64.0 Å². The normalized spacial score (nSPS) is 19.4. The van der Waals surface area contributed by atoms with Crippen LogP contribution in [0.3, 0.4) is 0 Å². The Kier molecular flexibility index (Phi) is 7.05. The van der Waals surface area contributed by atoms with Crippen molar-refractivity contribution in [3.05, 3.63) is 21.9 Å². The lowest BCUT2D eigenvalue weighted by Gasteiger charge is -2.34. The summed E-state index contributed by atoms with van der Waals surface area (Å²) in [5, 5.41) is 8.23. The van der Waals surface area contributed by atoms with Gasteiger partial charge < -0.3 is 20.3 Å². The van der Waals surface area contributed by atoms with Gasteiger partial charge in [-0.25, -0.2) is 9.59 Å². The number of nitrogens with one attached hydrogen (secondary N) is 2. The maximum Gasteiger partial charge on any atom is 0.410 e. The highest BCUT2D eigenvalue weighted by Crippen LogP contribution is 2.25. The molecule has 0 aromatic carbocycles. The Hall–Kier alpha value is -1.80. The standard InChI is InChI=1S/C21H34N4O3S/c1-15(25-11-7-18-16(14-25)8-12-29-18)13-22-19(26)23-17-5-9-24(10-6-17)20(27)28-21(2,3)4/h8,12,15,17H,5-7,9-11,13-14H2,1-4H3,(H2,22,23,26). The summed E-state index contributed by atoms with van der Waals surface area (Å²) in [5.41, 5.74) is 0.941. The van der Waals surface area contributed by atoms with Gasteiger partial charge >= 0.3 is 12.1 Å². The molecule has 0 spiro atoms. The van der Waals surface area contributed by atoms with Gasteiger partial charge in [0.05, 0.1) is 0 Å². The van der Waals surface area contributed by atoms with Crippen LogP contribution in [0.2, 0.25) is 0 Å². The monoisotopic (exact) mass is 422 g/mol. The minimum Gasteiger partial charge on any atom is -0.444 e. The Morgan fingerprint density at radius 1 is 1.28 bits per heavy atom. The Morgan fingerprint density at radius 2 is 2.00 bits per heavy atom. The van der Waals surface area contributed by atoms with Crippen molar-refractivity contribution in [1.82, 2.24) is 20.4 Å². The number of ether oxygens (including phenoxy) is 1. The van der Waals surface area contributed by atoms with Crippen molar-refractivity contribution in [1.29, 1.82) is 0 Å². The molecular formula is C21H34N4O3S. The molecule has 0 radical (unpaired) electrons. The lowest BCUT2D eigenvalue weighted by molar-refractivity contribution is 0.0201. The molecule has 8 heteroatoms. The zero-order valence-corrected chi connectivity index (χ0v) is 18.8. The van der Waals surface area contributed by atoms with Crippen LogP contribution < -0.4 is 10.6 Å². The fourth-order valence-electron chi connectivity index (χ4n) is 3.79. The van der Waals surface area contributed by atoms with Gasteiger partial charge in [0.25, 0.3) is 0 Å². The van der Waals surface area contributed by atoms with E-state index in [1.807, 2.05) is 32.1 Å². The molecule has 2 aliphatic heterocycles. The van der Waals surface area contributed by atoms with Crippen molar-refractivity contribution in [2.24, 2.45) is 0 Å². The lowest BCUT2D eigenvalue weighted by Crippen LogP contribution is -2.51. The number of hydrogen-bond donors (Lipinski definition) is 2. The third-order valence-electron chi connectivity index (χ3n) is 5.50. The summed E-state index contributed by atoms with van der Waals surface area (Å²) in [6.07, 6.45) is 2.31. The van der Waals surface area contributed by atoms with Crippen molar-refractivity contribution >= 4 is 23.5 Å². The first kappa shape index (κ1) is 21.9. The van der Waals surface area contributed by atoms with Crippen LogP contribution in [0.1, 0.15) is 51.0 Å². The van der Waals surface area contributed by atoms with Gasteiger partial charge in [-0.15, -0.1) is 11.3 Å². The number of hydrogen-bond acceptors (Lipinski definition) is 5. The largest absolute Gasteiger partial charge is 0.444 e. The maximum absolute atomic E-state index is 12.3. The Morgan fingerprint density at radius 3 is 2.69 bits per heavy atom. The number of amides is 3. The topological polar surface area (TPSA) is 73.9 Å². The second-order valence-electron chi connectivity index (χ2n) is 9.03. The number of carbonyl (C=O) groups is 2. The van der Waals surface area contributed by atoms with Crippen LogP contribution in [0.4, 0.5) is 9.59 Å². The highest BCUT2D eigenvalue weighted by Gasteiger charge is 2.28. The Labute approximate surface area is 177 Å². The van der Waals surface area contributed by atoms with E-state index in [9.17, 15) is 9.59 Å². The van der Waals surface area contributed by atoms with Gasteiger partial charge in [-0.2, -0.15) is 0 Å². The van der Waals surface area contributed by atoms with Crippen LogP contribution in [0.15, 0.2) is 11.4 Å². The molecule has 2 aliphatic rings. The van der Waals surface area contributed by atoms with Crippen molar-refractivity contribution in [3.8, 4) is 0 Å². The first-order valence-corrected chi connectivity index (χ1v) is 11.4. The zero-order valence-electron chi connectivity index (χ0n) is 18.0. The first-order valence-electron chi connectivity index (χ1n) is 10.5. The molecule has 7 nitrogen and oxygen atoms in total. The molecule has 1 unspecified atom stereocenters. The second kappa shape index (κ2) is 9.34. The van der Waals surface area contributed by atoms with Gasteiger partial charge in [0, 0.05) is 49.7 Å². The first-order chi connectivity index (χ1) is 13.7. The summed E-state index contributed by atoms with van der Waals surface area (Å²) >= 11 is 1.84. The molecule has 0 saturated carbocycles. The summed E-state index contributed by atoms with van der Waals surface area (Å²) in [6, 6.07) is 2.47. The predicted molar refractivity (Wildman–Crippen MR) is 115 cm³/mol. The quantitative estimate of drug-likeness (QED) is 0.782. The van der Waals surface area contributed by atoms with Gasteiger partial charge in [0.1, 0.15) is 5.60 Å². The maximum atomic E-state index is 12.3.